The Morgan fingerprint density at radius 2 is 1.67 bits per heavy atom. The molecule has 4 nitrogen and oxygen atoms in total. The largest absolute Gasteiger partial charge is 0.368 e. The summed E-state index contributed by atoms with van der Waals surface area (Å²) in [6.45, 7) is 6.64. The van der Waals surface area contributed by atoms with Crippen molar-refractivity contribution in [3.05, 3.63) is 53.7 Å². The lowest BCUT2D eigenvalue weighted by molar-refractivity contribution is 0.646. The molecule has 1 aliphatic rings. The summed E-state index contributed by atoms with van der Waals surface area (Å²) in [7, 11) is 0. The minimum Gasteiger partial charge on any atom is -0.368 e. The highest BCUT2D eigenvalue weighted by Gasteiger charge is 2.18. The van der Waals surface area contributed by atoms with Gasteiger partial charge in [0, 0.05) is 44.1 Å². The number of rotatable bonds is 3. The van der Waals surface area contributed by atoms with Crippen LogP contribution in [-0.4, -0.2) is 31.2 Å². The number of hydrogen-bond acceptors (Lipinski definition) is 4. The fraction of sp³-hybridized carbons (Fsp3) is 0.353. The summed E-state index contributed by atoms with van der Waals surface area (Å²) in [4.78, 5) is 9.43. The van der Waals surface area contributed by atoms with E-state index in [1.807, 2.05) is 6.92 Å². The number of aryl methyl sites for hydroxylation is 1. The van der Waals surface area contributed by atoms with Crippen molar-refractivity contribution in [1.29, 1.82) is 0 Å². The van der Waals surface area contributed by atoms with Crippen molar-refractivity contribution in [3.63, 3.8) is 0 Å². The van der Waals surface area contributed by atoms with Crippen LogP contribution in [0.5, 0.6) is 0 Å². The molecule has 1 saturated heterocycles. The molecule has 0 unspecified atom stereocenters. The van der Waals surface area contributed by atoms with Crippen LogP contribution in [-0.2, 0) is 6.54 Å². The molecule has 1 fully saturated rings. The van der Waals surface area contributed by atoms with E-state index in [9.17, 15) is 0 Å². The third kappa shape index (κ3) is 3.16. The molecular weight excluding hydrogens is 260 g/mol. The van der Waals surface area contributed by atoms with Crippen LogP contribution in [0.1, 0.15) is 11.3 Å². The first-order valence-electron chi connectivity index (χ1n) is 7.49. The zero-order valence-electron chi connectivity index (χ0n) is 12.5. The van der Waals surface area contributed by atoms with E-state index in [1.54, 1.807) is 0 Å². The number of pyridine rings is 1. The van der Waals surface area contributed by atoms with Gasteiger partial charge in [-0.3, -0.25) is 0 Å². The molecule has 4 heteroatoms. The Bertz CT molecular complexity index is 589. The third-order valence-electron chi connectivity index (χ3n) is 3.96. The van der Waals surface area contributed by atoms with E-state index in [0.717, 1.165) is 43.3 Å². The molecule has 1 aromatic heterocycles. The number of piperazine rings is 1. The van der Waals surface area contributed by atoms with Crippen LogP contribution in [0.3, 0.4) is 0 Å². The van der Waals surface area contributed by atoms with Crippen molar-refractivity contribution in [2.24, 2.45) is 5.73 Å². The molecule has 1 aromatic carbocycles. The van der Waals surface area contributed by atoms with Gasteiger partial charge in [0.05, 0.1) is 0 Å². The minimum atomic E-state index is 0.570. The van der Waals surface area contributed by atoms with Crippen LogP contribution in [0.25, 0.3) is 0 Å². The van der Waals surface area contributed by atoms with Crippen molar-refractivity contribution >= 4 is 11.5 Å². The molecule has 0 saturated carbocycles. The van der Waals surface area contributed by atoms with E-state index in [1.165, 1.54) is 5.69 Å². The number of nitrogens with zero attached hydrogens (tertiary/aromatic N) is 3. The second-order valence-electron chi connectivity index (χ2n) is 5.49. The zero-order valence-corrected chi connectivity index (χ0v) is 12.5. The van der Waals surface area contributed by atoms with E-state index in [-0.39, 0.29) is 0 Å². The van der Waals surface area contributed by atoms with Crippen molar-refractivity contribution in [3.8, 4) is 0 Å². The molecule has 0 bridgehead atoms. The molecule has 1 aliphatic heterocycles. The molecule has 2 N–H and O–H groups in total. The number of hydrogen-bond donors (Lipinski definition) is 1. The zero-order chi connectivity index (χ0) is 14.7. The lowest BCUT2D eigenvalue weighted by Gasteiger charge is -2.37. The number of aromatic nitrogens is 1. The fourth-order valence-corrected chi connectivity index (χ4v) is 2.83. The SMILES string of the molecule is Cc1cc(CN)cc(N2CCN(c3ccccc3)CC2)n1. The molecule has 0 spiro atoms. The topological polar surface area (TPSA) is 45.4 Å². The van der Waals surface area contributed by atoms with Crippen LogP contribution in [0.2, 0.25) is 0 Å². The van der Waals surface area contributed by atoms with Gasteiger partial charge in [0.15, 0.2) is 0 Å². The summed E-state index contributed by atoms with van der Waals surface area (Å²) in [5, 5.41) is 0. The predicted molar refractivity (Wildman–Crippen MR) is 87.7 cm³/mol. The number of benzene rings is 1. The van der Waals surface area contributed by atoms with Crippen LogP contribution in [0.4, 0.5) is 11.5 Å². The van der Waals surface area contributed by atoms with E-state index >= 15 is 0 Å². The Morgan fingerprint density at radius 1 is 1.00 bits per heavy atom. The number of anilines is 2. The van der Waals surface area contributed by atoms with E-state index in [2.05, 4.69) is 57.2 Å². The molecule has 110 valence electrons. The molecule has 2 heterocycles. The molecule has 0 amide bonds. The van der Waals surface area contributed by atoms with E-state index < -0.39 is 0 Å². The van der Waals surface area contributed by atoms with Crippen molar-refractivity contribution in [1.82, 2.24) is 4.98 Å². The molecule has 3 rings (SSSR count). The standard InChI is InChI=1S/C17H22N4/c1-14-11-15(13-18)12-17(19-14)21-9-7-20(8-10-21)16-5-3-2-4-6-16/h2-6,11-12H,7-10,13,18H2,1H3. The highest BCUT2D eigenvalue weighted by Crippen LogP contribution is 2.20. The summed E-state index contributed by atoms with van der Waals surface area (Å²) in [6, 6.07) is 14.8. The maximum absolute atomic E-state index is 5.76. The smallest absolute Gasteiger partial charge is 0.129 e. The van der Waals surface area contributed by atoms with Gasteiger partial charge in [-0.15, -0.1) is 0 Å². The summed E-state index contributed by atoms with van der Waals surface area (Å²) in [6.07, 6.45) is 0. The fourth-order valence-electron chi connectivity index (χ4n) is 2.83. The average Bonchev–Trinajstić information content (AvgIpc) is 2.55. The molecule has 0 atom stereocenters. The molecule has 0 aliphatic carbocycles. The Kier molecular flexibility index (Phi) is 4.06. The first-order chi connectivity index (χ1) is 10.3. The van der Waals surface area contributed by atoms with Crippen molar-refractivity contribution in [2.75, 3.05) is 36.0 Å². The van der Waals surface area contributed by atoms with Gasteiger partial charge in [-0.2, -0.15) is 0 Å². The monoisotopic (exact) mass is 282 g/mol. The van der Waals surface area contributed by atoms with Crippen molar-refractivity contribution < 1.29 is 0 Å². The molecule has 2 aromatic rings. The Morgan fingerprint density at radius 3 is 2.33 bits per heavy atom. The van der Waals surface area contributed by atoms with Crippen LogP contribution in [0.15, 0.2) is 42.5 Å². The van der Waals surface area contributed by atoms with Gasteiger partial charge >= 0.3 is 0 Å². The highest BCUT2D eigenvalue weighted by molar-refractivity contribution is 5.50. The summed E-state index contributed by atoms with van der Waals surface area (Å²) in [5.41, 5.74) is 9.26. The molecule has 0 radical (unpaired) electrons. The van der Waals surface area contributed by atoms with E-state index in [0.29, 0.717) is 6.54 Å². The second-order valence-corrected chi connectivity index (χ2v) is 5.49. The van der Waals surface area contributed by atoms with Crippen LogP contribution < -0.4 is 15.5 Å². The highest BCUT2D eigenvalue weighted by atomic mass is 15.3. The van der Waals surface area contributed by atoms with Gasteiger partial charge in [-0.05, 0) is 36.8 Å². The Hall–Kier alpha value is -2.07. The summed E-state index contributed by atoms with van der Waals surface area (Å²) < 4.78 is 0. The first kappa shape index (κ1) is 13.9. The summed E-state index contributed by atoms with van der Waals surface area (Å²) in [5.74, 6) is 1.06. The lowest BCUT2D eigenvalue weighted by atomic mass is 10.2. The maximum Gasteiger partial charge on any atom is 0.129 e. The van der Waals surface area contributed by atoms with Crippen LogP contribution >= 0.6 is 0 Å². The summed E-state index contributed by atoms with van der Waals surface area (Å²) >= 11 is 0. The minimum absolute atomic E-state index is 0.570. The van der Waals surface area contributed by atoms with E-state index in [4.69, 9.17) is 5.73 Å². The number of nitrogens with two attached hydrogens (primary N) is 1. The van der Waals surface area contributed by atoms with Crippen LogP contribution in [0, 0.1) is 6.92 Å². The van der Waals surface area contributed by atoms with Gasteiger partial charge in [0.2, 0.25) is 0 Å². The number of para-hydroxylation sites is 1. The van der Waals surface area contributed by atoms with Crippen molar-refractivity contribution in [2.45, 2.75) is 13.5 Å². The molecule has 21 heavy (non-hydrogen) atoms. The molecular formula is C17H22N4. The Labute approximate surface area is 126 Å². The average molecular weight is 282 g/mol. The normalized spacial score (nSPS) is 15.3. The quantitative estimate of drug-likeness (QED) is 0.937. The van der Waals surface area contributed by atoms with Gasteiger partial charge in [0.1, 0.15) is 5.82 Å². The predicted octanol–water partition coefficient (Wildman–Crippen LogP) is 2.18. The third-order valence-corrected chi connectivity index (χ3v) is 3.96. The van der Waals surface area contributed by atoms with Gasteiger partial charge in [-0.25, -0.2) is 4.98 Å². The van der Waals surface area contributed by atoms with Gasteiger partial charge in [-0.1, -0.05) is 18.2 Å². The van der Waals surface area contributed by atoms with Gasteiger partial charge < -0.3 is 15.5 Å². The maximum atomic E-state index is 5.76. The van der Waals surface area contributed by atoms with Gasteiger partial charge in [0.25, 0.3) is 0 Å². The second kappa shape index (κ2) is 6.14. The Balaban J connectivity index is 1.70. The first-order valence-corrected chi connectivity index (χ1v) is 7.49. The lowest BCUT2D eigenvalue weighted by Crippen LogP contribution is -2.46.